The quantitative estimate of drug-likeness (QED) is 0.750. The Morgan fingerprint density at radius 2 is 2.28 bits per heavy atom. The number of fused-ring (bicyclic) bond motifs is 1. The minimum Gasteiger partial charge on any atom is -0.392 e. The summed E-state index contributed by atoms with van der Waals surface area (Å²) < 4.78 is 6.62. The maximum absolute atomic E-state index is 9.34. The second-order valence-electron chi connectivity index (χ2n) is 4.11. The fourth-order valence-corrected chi connectivity index (χ4v) is 2.00. The van der Waals surface area contributed by atoms with E-state index in [9.17, 15) is 5.11 Å². The van der Waals surface area contributed by atoms with Crippen molar-refractivity contribution in [1.29, 1.82) is 0 Å². The molecular weight excluding hydrogens is 232 g/mol. The first-order chi connectivity index (χ1) is 8.79. The molecule has 0 aliphatic heterocycles. The first-order valence-corrected chi connectivity index (χ1v) is 5.61. The third-order valence-corrected chi connectivity index (χ3v) is 2.95. The fraction of sp³-hybridized carbons (Fsp3) is 0.250. The number of aryl methyl sites for hydroxylation is 1. The van der Waals surface area contributed by atoms with Crippen LogP contribution in [0.3, 0.4) is 0 Å². The van der Waals surface area contributed by atoms with Crippen LogP contribution in [0.2, 0.25) is 0 Å². The van der Waals surface area contributed by atoms with Gasteiger partial charge in [-0.15, -0.1) is 0 Å². The molecule has 0 aliphatic carbocycles. The molecule has 6 nitrogen and oxygen atoms in total. The molecule has 0 aliphatic rings. The van der Waals surface area contributed by atoms with Crippen molar-refractivity contribution in [1.82, 2.24) is 19.9 Å². The first-order valence-electron chi connectivity index (χ1n) is 5.61. The molecule has 0 fully saturated rings. The van der Waals surface area contributed by atoms with Crippen molar-refractivity contribution in [3.05, 3.63) is 41.5 Å². The summed E-state index contributed by atoms with van der Waals surface area (Å²) in [5.41, 5.74) is 3.21. The average molecular weight is 244 g/mol. The highest BCUT2D eigenvalue weighted by molar-refractivity contribution is 5.80. The molecular formula is C12H12N4O2. The standard InChI is InChI=1S/C12H12N4O2/c1-8-11(15-18-14-8)6-16-5-9(7-17)10-3-2-4-13-12(10)16/h2-5,17H,6-7H2,1H3. The van der Waals surface area contributed by atoms with E-state index in [4.69, 9.17) is 0 Å². The van der Waals surface area contributed by atoms with Crippen molar-refractivity contribution in [2.24, 2.45) is 0 Å². The Balaban J connectivity index is 2.09. The lowest BCUT2D eigenvalue weighted by Gasteiger charge is -2.00. The van der Waals surface area contributed by atoms with Gasteiger partial charge in [0.1, 0.15) is 17.0 Å². The van der Waals surface area contributed by atoms with E-state index >= 15 is 0 Å². The Morgan fingerprint density at radius 3 is 3.00 bits per heavy atom. The zero-order chi connectivity index (χ0) is 12.5. The summed E-state index contributed by atoms with van der Waals surface area (Å²) in [4.78, 5) is 4.33. The smallest absolute Gasteiger partial charge is 0.140 e. The molecule has 0 saturated carbocycles. The zero-order valence-corrected chi connectivity index (χ0v) is 9.87. The number of rotatable bonds is 3. The molecule has 0 aromatic carbocycles. The van der Waals surface area contributed by atoms with Crippen molar-refractivity contribution in [2.45, 2.75) is 20.1 Å². The van der Waals surface area contributed by atoms with Gasteiger partial charge in [-0.05, 0) is 19.1 Å². The minimum atomic E-state index is -0.00869. The summed E-state index contributed by atoms with van der Waals surface area (Å²) >= 11 is 0. The number of hydrogen-bond donors (Lipinski definition) is 1. The molecule has 0 saturated heterocycles. The van der Waals surface area contributed by atoms with Crippen LogP contribution in [0.1, 0.15) is 17.0 Å². The molecule has 18 heavy (non-hydrogen) atoms. The van der Waals surface area contributed by atoms with E-state index in [1.165, 1.54) is 0 Å². The SMILES string of the molecule is Cc1nonc1Cn1cc(CO)c2cccnc21. The molecule has 6 heteroatoms. The molecule has 0 atom stereocenters. The third-order valence-electron chi connectivity index (χ3n) is 2.95. The highest BCUT2D eigenvalue weighted by Gasteiger charge is 2.12. The maximum atomic E-state index is 9.34. The molecule has 3 aromatic rings. The van der Waals surface area contributed by atoms with Crippen LogP contribution in [-0.2, 0) is 13.2 Å². The zero-order valence-electron chi connectivity index (χ0n) is 9.87. The highest BCUT2D eigenvalue weighted by Crippen LogP contribution is 2.20. The van der Waals surface area contributed by atoms with E-state index < -0.39 is 0 Å². The topological polar surface area (TPSA) is 77.0 Å². The van der Waals surface area contributed by atoms with Gasteiger partial charge in [0.2, 0.25) is 0 Å². The molecule has 1 N–H and O–H groups in total. The molecule has 0 radical (unpaired) electrons. The minimum absolute atomic E-state index is 0.00869. The van der Waals surface area contributed by atoms with Crippen LogP contribution in [0.4, 0.5) is 0 Å². The normalized spacial score (nSPS) is 11.2. The molecule has 92 valence electrons. The summed E-state index contributed by atoms with van der Waals surface area (Å²) in [6, 6.07) is 3.80. The van der Waals surface area contributed by atoms with Gasteiger partial charge < -0.3 is 9.67 Å². The number of hydrogen-bond acceptors (Lipinski definition) is 5. The Kier molecular flexibility index (Phi) is 2.56. The van der Waals surface area contributed by atoms with Gasteiger partial charge in [-0.2, -0.15) is 0 Å². The van der Waals surface area contributed by atoms with Crippen molar-refractivity contribution in [3.63, 3.8) is 0 Å². The monoisotopic (exact) mass is 244 g/mol. The van der Waals surface area contributed by atoms with Crippen LogP contribution in [-0.4, -0.2) is 25.0 Å². The summed E-state index contributed by atoms with van der Waals surface area (Å²) in [6.07, 6.45) is 3.61. The van der Waals surface area contributed by atoms with Crippen LogP contribution in [0, 0.1) is 6.92 Å². The summed E-state index contributed by atoms with van der Waals surface area (Å²) in [6.45, 7) is 2.37. The molecule has 0 spiro atoms. The average Bonchev–Trinajstić information content (AvgIpc) is 2.95. The molecule has 0 amide bonds. The number of nitrogens with zero attached hydrogens (tertiary/aromatic N) is 4. The lowest BCUT2D eigenvalue weighted by Crippen LogP contribution is -2.01. The van der Waals surface area contributed by atoms with Crippen LogP contribution >= 0.6 is 0 Å². The first kappa shape index (κ1) is 10.9. The second-order valence-corrected chi connectivity index (χ2v) is 4.11. The second kappa shape index (κ2) is 4.23. The largest absolute Gasteiger partial charge is 0.392 e. The Labute approximate surface area is 103 Å². The number of aliphatic hydroxyl groups is 1. The highest BCUT2D eigenvalue weighted by atomic mass is 16.6. The van der Waals surface area contributed by atoms with Crippen molar-refractivity contribution in [3.8, 4) is 0 Å². The van der Waals surface area contributed by atoms with Gasteiger partial charge in [0.25, 0.3) is 0 Å². The molecule has 0 bridgehead atoms. The Bertz CT molecular complexity index is 686. The number of aliphatic hydroxyl groups excluding tert-OH is 1. The lowest BCUT2D eigenvalue weighted by molar-refractivity contribution is 0.283. The predicted octanol–water partition coefficient (Wildman–Crippen LogP) is 1.27. The summed E-state index contributed by atoms with van der Waals surface area (Å²) in [5, 5.41) is 17.9. The van der Waals surface area contributed by atoms with Crippen molar-refractivity contribution >= 4 is 11.0 Å². The molecule has 3 heterocycles. The van der Waals surface area contributed by atoms with E-state index in [0.717, 1.165) is 28.0 Å². The molecule has 3 rings (SSSR count). The Hall–Kier alpha value is -2.21. The van der Waals surface area contributed by atoms with Crippen LogP contribution in [0.15, 0.2) is 29.2 Å². The number of aromatic nitrogens is 4. The van der Waals surface area contributed by atoms with Gasteiger partial charge in [0.15, 0.2) is 0 Å². The number of pyridine rings is 1. The molecule has 0 unspecified atom stereocenters. The van der Waals surface area contributed by atoms with Gasteiger partial charge in [0, 0.05) is 23.3 Å². The third kappa shape index (κ3) is 1.67. The molecule has 3 aromatic heterocycles. The van der Waals surface area contributed by atoms with Gasteiger partial charge >= 0.3 is 0 Å². The summed E-state index contributed by atoms with van der Waals surface area (Å²) in [5.74, 6) is 0. The van der Waals surface area contributed by atoms with Crippen LogP contribution in [0.25, 0.3) is 11.0 Å². The van der Waals surface area contributed by atoms with E-state index in [1.807, 2.05) is 29.8 Å². The van der Waals surface area contributed by atoms with Gasteiger partial charge in [-0.25, -0.2) is 9.61 Å². The van der Waals surface area contributed by atoms with E-state index in [0.29, 0.717) is 6.54 Å². The maximum Gasteiger partial charge on any atom is 0.140 e. The van der Waals surface area contributed by atoms with Gasteiger partial charge in [-0.1, -0.05) is 10.3 Å². The summed E-state index contributed by atoms with van der Waals surface area (Å²) in [7, 11) is 0. The lowest BCUT2D eigenvalue weighted by atomic mass is 10.2. The fourth-order valence-electron chi connectivity index (χ4n) is 2.00. The van der Waals surface area contributed by atoms with Gasteiger partial charge in [0.05, 0.1) is 13.2 Å². The van der Waals surface area contributed by atoms with Gasteiger partial charge in [-0.3, -0.25) is 0 Å². The van der Waals surface area contributed by atoms with E-state index in [2.05, 4.69) is 19.9 Å². The Morgan fingerprint density at radius 1 is 1.39 bits per heavy atom. The van der Waals surface area contributed by atoms with E-state index in [1.54, 1.807) is 6.20 Å². The van der Waals surface area contributed by atoms with Crippen LogP contribution in [0.5, 0.6) is 0 Å². The van der Waals surface area contributed by atoms with Crippen molar-refractivity contribution in [2.75, 3.05) is 0 Å². The predicted molar refractivity (Wildman–Crippen MR) is 63.8 cm³/mol. The van der Waals surface area contributed by atoms with Crippen molar-refractivity contribution < 1.29 is 9.74 Å². The van der Waals surface area contributed by atoms with Crippen LogP contribution < -0.4 is 0 Å². The van der Waals surface area contributed by atoms with E-state index in [-0.39, 0.29) is 6.61 Å².